The first-order valence-corrected chi connectivity index (χ1v) is 5.54. The molecule has 86 valence electrons. The van der Waals surface area contributed by atoms with Crippen molar-refractivity contribution in [2.45, 2.75) is 6.42 Å². The topological polar surface area (TPSA) is 45.5 Å². The van der Waals surface area contributed by atoms with Gasteiger partial charge in [-0.3, -0.25) is 4.98 Å². The fourth-order valence-electron chi connectivity index (χ4n) is 1.54. The van der Waals surface area contributed by atoms with Crippen LogP contribution in [0.25, 0.3) is 0 Å². The van der Waals surface area contributed by atoms with Crippen molar-refractivity contribution < 1.29 is 5.21 Å². The fourth-order valence-corrected chi connectivity index (χ4v) is 1.72. The molecule has 0 aliphatic carbocycles. The van der Waals surface area contributed by atoms with Crippen molar-refractivity contribution in [3.8, 4) is 0 Å². The van der Waals surface area contributed by atoms with Crippen LogP contribution in [0.1, 0.15) is 11.3 Å². The summed E-state index contributed by atoms with van der Waals surface area (Å²) >= 11 is 5.88. The van der Waals surface area contributed by atoms with Crippen molar-refractivity contribution in [3.05, 3.63) is 64.9 Å². The Kier molecular flexibility index (Phi) is 3.73. The van der Waals surface area contributed by atoms with Crippen LogP contribution >= 0.6 is 11.6 Å². The zero-order valence-corrected chi connectivity index (χ0v) is 9.80. The molecular weight excluding hydrogens is 236 g/mol. The highest BCUT2D eigenvalue weighted by Gasteiger charge is 2.06. The predicted octanol–water partition coefficient (Wildman–Crippen LogP) is 3.16. The Balaban J connectivity index is 2.23. The summed E-state index contributed by atoms with van der Waals surface area (Å²) in [6, 6.07) is 13.0. The van der Waals surface area contributed by atoms with Crippen LogP contribution in [0.5, 0.6) is 0 Å². The lowest BCUT2D eigenvalue weighted by Crippen LogP contribution is -2.06. The smallest absolute Gasteiger partial charge is 0.0927 e. The minimum Gasteiger partial charge on any atom is -0.411 e. The van der Waals surface area contributed by atoms with Gasteiger partial charge in [0.15, 0.2) is 0 Å². The molecule has 1 aromatic carbocycles. The number of halogens is 1. The van der Waals surface area contributed by atoms with E-state index in [1.807, 2.05) is 30.3 Å². The Morgan fingerprint density at radius 3 is 2.65 bits per heavy atom. The first kappa shape index (κ1) is 11.6. The number of hydrogen-bond acceptors (Lipinski definition) is 3. The Morgan fingerprint density at radius 1 is 1.24 bits per heavy atom. The Labute approximate surface area is 104 Å². The maximum Gasteiger partial charge on any atom is 0.0927 e. The third kappa shape index (κ3) is 3.04. The molecule has 0 aliphatic heterocycles. The van der Waals surface area contributed by atoms with E-state index in [1.54, 1.807) is 18.3 Å². The molecule has 2 rings (SSSR count). The van der Waals surface area contributed by atoms with E-state index >= 15 is 0 Å². The quantitative estimate of drug-likeness (QED) is 0.514. The molecular formula is C13H11ClN2O. The Hall–Kier alpha value is -1.87. The molecule has 0 fully saturated rings. The minimum atomic E-state index is 0.446. The van der Waals surface area contributed by atoms with E-state index in [0.29, 0.717) is 17.2 Å². The Morgan fingerprint density at radius 2 is 2.00 bits per heavy atom. The van der Waals surface area contributed by atoms with E-state index in [2.05, 4.69) is 10.1 Å². The standard InChI is InChI=1S/C13H11ClN2O/c14-11-6-7-15-12(8-11)9-13(16-17)10-4-2-1-3-5-10/h1-8,17H,9H2/b16-13-. The molecule has 2 aromatic rings. The molecule has 0 saturated carbocycles. The third-order valence-corrected chi connectivity index (χ3v) is 2.59. The summed E-state index contributed by atoms with van der Waals surface area (Å²) in [5.74, 6) is 0. The summed E-state index contributed by atoms with van der Waals surface area (Å²) in [4.78, 5) is 4.18. The summed E-state index contributed by atoms with van der Waals surface area (Å²) < 4.78 is 0. The first-order valence-electron chi connectivity index (χ1n) is 5.16. The number of benzene rings is 1. The van der Waals surface area contributed by atoms with Gasteiger partial charge in [0.1, 0.15) is 0 Å². The van der Waals surface area contributed by atoms with Crippen LogP contribution in [0.15, 0.2) is 53.8 Å². The van der Waals surface area contributed by atoms with E-state index in [-0.39, 0.29) is 0 Å². The average Bonchev–Trinajstić information content (AvgIpc) is 2.37. The number of pyridine rings is 1. The van der Waals surface area contributed by atoms with Gasteiger partial charge in [-0.25, -0.2) is 0 Å². The van der Waals surface area contributed by atoms with Gasteiger partial charge in [-0.1, -0.05) is 47.1 Å². The highest BCUT2D eigenvalue weighted by atomic mass is 35.5. The van der Waals surface area contributed by atoms with Crippen LogP contribution < -0.4 is 0 Å². The normalized spacial score (nSPS) is 11.5. The second kappa shape index (κ2) is 5.46. The van der Waals surface area contributed by atoms with Crippen LogP contribution in [0, 0.1) is 0 Å². The van der Waals surface area contributed by atoms with Crippen LogP contribution in [-0.4, -0.2) is 15.9 Å². The van der Waals surface area contributed by atoms with Gasteiger partial charge < -0.3 is 5.21 Å². The second-order valence-electron chi connectivity index (χ2n) is 3.55. The highest BCUT2D eigenvalue weighted by Crippen LogP contribution is 2.11. The van der Waals surface area contributed by atoms with Gasteiger partial charge in [0.05, 0.1) is 5.71 Å². The lowest BCUT2D eigenvalue weighted by atomic mass is 10.1. The summed E-state index contributed by atoms with van der Waals surface area (Å²) in [5, 5.41) is 13.0. The van der Waals surface area contributed by atoms with Crippen molar-refractivity contribution in [1.29, 1.82) is 0 Å². The number of oxime groups is 1. The molecule has 1 N–H and O–H groups in total. The van der Waals surface area contributed by atoms with Crippen molar-refractivity contribution in [2.24, 2.45) is 5.16 Å². The first-order chi connectivity index (χ1) is 8.29. The van der Waals surface area contributed by atoms with Gasteiger partial charge in [-0.05, 0) is 17.7 Å². The van der Waals surface area contributed by atoms with Gasteiger partial charge in [0.25, 0.3) is 0 Å². The molecule has 3 nitrogen and oxygen atoms in total. The SMILES string of the molecule is O/N=C(/Cc1cc(Cl)ccn1)c1ccccc1. The molecule has 0 spiro atoms. The number of nitrogens with zero attached hydrogens (tertiary/aromatic N) is 2. The van der Waals surface area contributed by atoms with E-state index in [1.165, 1.54) is 0 Å². The lowest BCUT2D eigenvalue weighted by molar-refractivity contribution is 0.318. The molecule has 0 saturated heterocycles. The van der Waals surface area contributed by atoms with Crippen LogP contribution in [0.2, 0.25) is 5.02 Å². The predicted molar refractivity (Wildman–Crippen MR) is 67.7 cm³/mol. The van der Waals surface area contributed by atoms with Gasteiger partial charge in [0.2, 0.25) is 0 Å². The van der Waals surface area contributed by atoms with Crippen LogP contribution in [-0.2, 0) is 6.42 Å². The molecule has 0 radical (unpaired) electrons. The minimum absolute atomic E-state index is 0.446. The number of rotatable bonds is 3. The lowest BCUT2D eigenvalue weighted by Gasteiger charge is -2.04. The molecule has 0 bridgehead atoms. The fraction of sp³-hybridized carbons (Fsp3) is 0.0769. The second-order valence-corrected chi connectivity index (χ2v) is 3.99. The van der Waals surface area contributed by atoms with Crippen molar-refractivity contribution >= 4 is 17.3 Å². The zero-order chi connectivity index (χ0) is 12.1. The Bertz CT molecular complexity index is 526. The van der Waals surface area contributed by atoms with Crippen LogP contribution in [0.3, 0.4) is 0 Å². The van der Waals surface area contributed by atoms with E-state index < -0.39 is 0 Å². The van der Waals surface area contributed by atoms with E-state index in [4.69, 9.17) is 16.8 Å². The molecule has 17 heavy (non-hydrogen) atoms. The van der Waals surface area contributed by atoms with E-state index in [9.17, 15) is 0 Å². The average molecular weight is 247 g/mol. The summed E-state index contributed by atoms with van der Waals surface area (Å²) in [7, 11) is 0. The van der Waals surface area contributed by atoms with Gasteiger partial charge in [0, 0.05) is 23.3 Å². The number of hydrogen-bond donors (Lipinski definition) is 1. The molecule has 0 amide bonds. The zero-order valence-electron chi connectivity index (χ0n) is 9.05. The van der Waals surface area contributed by atoms with Crippen LogP contribution in [0.4, 0.5) is 0 Å². The maximum atomic E-state index is 9.04. The van der Waals surface area contributed by atoms with Crippen molar-refractivity contribution in [2.75, 3.05) is 0 Å². The summed E-state index contributed by atoms with van der Waals surface area (Å²) in [6.45, 7) is 0. The third-order valence-electron chi connectivity index (χ3n) is 2.35. The van der Waals surface area contributed by atoms with Crippen molar-refractivity contribution in [3.63, 3.8) is 0 Å². The molecule has 0 aliphatic rings. The molecule has 0 unspecified atom stereocenters. The van der Waals surface area contributed by atoms with E-state index in [0.717, 1.165) is 11.3 Å². The largest absolute Gasteiger partial charge is 0.411 e. The number of aromatic nitrogens is 1. The van der Waals surface area contributed by atoms with Gasteiger partial charge in [-0.15, -0.1) is 0 Å². The molecule has 0 atom stereocenters. The maximum absolute atomic E-state index is 9.04. The highest BCUT2D eigenvalue weighted by molar-refractivity contribution is 6.30. The van der Waals surface area contributed by atoms with Crippen molar-refractivity contribution in [1.82, 2.24) is 4.98 Å². The molecule has 1 heterocycles. The molecule has 4 heteroatoms. The summed E-state index contributed by atoms with van der Waals surface area (Å²) in [5.41, 5.74) is 2.21. The van der Waals surface area contributed by atoms with Gasteiger partial charge in [-0.2, -0.15) is 0 Å². The summed E-state index contributed by atoms with van der Waals surface area (Å²) in [6.07, 6.45) is 2.08. The van der Waals surface area contributed by atoms with Gasteiger partial charge >= 0.3 is 0 Å². The monoisotopic (exact) mass is 246 g/mol. The molecule has 1 aromatic heterocycles.